The maximum Gasteiger partial charge on any atom is 0.225 e. The molecule has 0 atom stereocenters. The van der Waals surface area contributed by atoms with Crippen molar-refractivity contribution in [3.8, 4) is 28.4 Å². The Bertz CT molecular complexity index is 1420. The lowest BCUT2D eigenvalue weighted by atomic mass is 10.1. The summed E-state index contributed by atoms with van der Waals surface area (Å²) in [4.78, 5) is 11.9. The lowest BCUT2D eigenvalue weighted by Crippen LogP contribution is -2.39. The van der Waals surface area contributed by atoms with Crippen LogP contribution >= 0.6 is 23.2 Å². The van der Waals surface area contributed by atoms with Gasteiger partial charge >= 0.3 is 0 Å². The number of nitrogens with zero attached hydrogens (tertiary/aromatic N) is 5. The predicted molar refractivity (Wildman–Crippen MR) is 145 cm³/mol. The van der Waals surface area contributed by atoms with Crippen molar-refractivity contribution >= 4 is 46.0 Å². The zero-order chi connectivity index (χ0) is 25.9. The van der Waals surface area contributed by atoms with Crippen molar-refractivity contribution in [1.29, 1.82) is 0 Å². The third kappa shape index (κ3) is 5.24. The average Bonchev–Trinajstić information content (AvgIpc) is 3.26. The fourth-order valence-corrected chi connectivity index (χ4v) is 4.54. The molecule has 0 aliphatic carbocycles. The second-order valence-corrected chi connectivity index (χ2v) is 9.25. The number of morpholine rings is 1. The summed E-state index contributed by atoms with van der Waals surface area (Å²) in [7, 11) is 3.18. The van der Waals surface area contributed by atoms with E-state index in [1.165, 1.54) is 0 Å². The summed E-state index contributed by atoms with van der Waals surface area (Å²) < 4.78 is 17.9. The highest BCUT2D eigenvalue weighted by Crippen LogP contribution is 2.37. The van der Waals surface area contributed by atoms with Crippen LogP contribution < -0.4 is 20.5 Å². The van der Waals surface area contributed by atoms with Gasteiger partial charge in [-0.05, 0) is 36.4 Å². The molecule has 194 valence electrons. The van der Waals surface area contributed by atoms with Gasteiger partial charge in [-0.25, -0.2) is 9.67 Å². The Labute approximate surface area is 224 Å². The van der Waals surface area contributed by atoms with Crippen molar-refractivity contribution in [3.05, 3.63) is 46.4 Å². The minimum absolute atomic E-state index is 0.373. The molecule has 5 rings (SSSR count). The number of hydrogen-bond donors (Lipinski definition) is 2. The lowest BCUT2D eigenvalue weighted by Gasteiger charge is -2.26. The monoisotopic (exact) mass is 543 g/mol. The molecule has 1 fully saturated rings. The van der Waals surface area contributed by atoms with E-state index in [2.05, 4.69) is 15.2 Å². The van der Waals surface area contributed by atoms with E-state index in [4.69, 9.17) is 53.2 Å². The maximum atomic E-state index is 6.62. The van der Waals surface area contributed by atoms with Gasteiger partial charge < -0.3 is 25.3 Å². The van der Waals surface area contributed by atoms with Gasteiger partial charge in [-0.2, -0.15) is 4.98 Å². The van der Waals surface area contributed by atoms with Crippen LogP contribution in [0.4, 0.5) is 11.8 Å². The third-order valence-corrected chi connectivity index (χ3v) is 6.93. The number of anilines is 2. The van der Waals surface area contributed by atoms with Crippen LogP contribution in [0.5, 0.6) is 11.5 Å². The second-order valence-electron chi connectivity index (χ2n) is 8.44. The molecule has 1 aliphatic heterocycles. The molecule has 10 nitrogen and oxygen atoms in total. The van der Waals surface area contributed by atoms with Crippen molar-refractivity contribution in [2.45, 2.75) is 0 Å². The van der Waals surface area contributed by atoms with Crippen LogP contribution in [-0.4, -0.2) is 78.3 Å². The topological polar surface area (TPSA) is 113 Å². The van der Waals surface area contributed by atoms with Crippen LogP contribution in [0.1, 0.15) is 0 Å². The number of nitrogens with one attached hydrogen (secondary N) is 1. The van der Waals surface area contributed by atoms with Crippen LogP contribution in [0.3, 0.4) is 0 Å². The van der Waals surface area contributed by atoms with Gasteiger partial charge in [-0.3, -0.25) is 4.90 Å². The quantitative estimate of drug-likeness (QED) is 0.338. The molecule has 12 heteroatoms. The number of rotatable bonds is 8. The Balaban J connectivity index is 1.58. The van der Waals surface area contributed by atoms with Gasteiger partial charge in [0.15, 0.2) is 17.1 Å². The van der Waals surface area contributed by atoms with E-state index < -0.39 is 0 Å². The fraction of sp³-hybridized carbons (Fsp3) is 0.320. The SMILES string of the molecule is COc1ccc(-c2nc(NCCN3CCOCC3)nc3nn(-c4ccc(Cl)c(Cl)c4)c(N)c23)cc1OC. The molecule has 0 bridgehead atoms. The van der Waals surface area contributed by atoms with E-state index in [0.29, 0.717) is 62.3 Å². The number of benzene rings is 2. The molecule has 2 aromatic heterocycles. The van der Waals surface area contributed by atoms with E-state index >= 15 is 0 Å². The minimum atomic E-state index is 0.373. The number of hydrogen-bond acceptors (Lipinski definition) is 9. The Morgan fingerprint density at radius 1 is 1.00 bits per heavy atom. The summed E-state index contributed by atoms with van der Waals surface area (Å²) in [6, 6.07) is 10.8. The number of ether oxygens (including phenoxy) is 3. The van der Waals surface area contributed by atoms with E-state index in [1.807, 2.05) is 18.2 Å². The van der Waals surface area contributed by atoms with E-state index in [9.17, 15) is 0 Å². The molecule has 0 spiro atoms. The minimum Gasteiger partial charge on any atom is -0.493 e. The first-order chi connectivity index (χ1) is 18.0. The molecule has 3 heterocycles. The highest BCUT2D eigenvalue weighted by atomic mass is 35.5. The van der Waals surface area contributed by atoms with Crippen LogP contribution in [0.25, 0.3) is 28.0 Å². The number of nitrogen functional groups attached to an aromatic ring is 1. The van der Waals surface area contributed by atoms with Gasteiger partial charge in [0.2, 0.25) is 5.95 Å². The summed E-state index contributed by atoms with van der Waals surface area (Å²) in [5.41, 5.74) is 9.11. The molecular weight excluding hydrogens is 517 g/mol. The molecule has 3 N–H and O–H groups in total. The Hall–Kier alpha value is -3.31. The highest BCUT2D eigenvalue weighted by molar-refractivity contribution is 6.42. The predicted octanol–water partition coefficient (Wildman–Crippen LogP) is 4.13. The highest BCUT2D eigenvalue weighted by Gasteiger charge is 2.21. The van der Waals surface area contributed by atoms with Gasteiger partial charge in [0.1, 0.15) is 5.82 Å². The van der Waals surface area contributed by atoms with Crippen LogP contribution in [0.2, 0.25) is 10.0 Å². The van der Waals surface area contributed by atoms with E-state index in [0.717, 1.165) is 38.4 Å². The van der Waals surface area contributed by atoms with E-state index in [1.54, 1.807) is 37.1 Å². The van der Waals surface area contributed by atoms with E-state index in [-0.39, 0.29) is 0 Å². The van der Waals surface area contributed by atoms with Crippen molar-refractivity contribution in [2.75, 3.05) is 64.7 Å². The Morgan fingerprint density at radius 3 is 2.51 bits per heavy atom. The first-order valence-electron chi connectivity index (χ1n) is 11.8. The smallest absolute Gasteiger partial charge is 0.225 e. The first-order valence-corrected chi connectivity index (χ1v) is 12.5. The summed E-state index contributed by atoms with van der Waals surface area (Å²) in [5.74, 6) is 2.01. The molecule has 0 unspecified atom stereocenters. The number of fused-ring (bicyclic) bond motifs is 1. The standard InChI is InChI=1S/C25H27Cl2N7O3/c1-35-19-6-3-15(13-20(19)36-2)22-21-23(28)34(16-4-5-17(26)18(27)14-16)32-24(21)31-25(30-22)29-7-8-33-9-11-37-12-10-33/h3-6,13-14H,7-12,28H2,1-2H3,(H,29,31,32). The van der Waals surface area contributed by atoms with Gasteiger partial charge in [0.25, 0.3) is 0 Å². The largest absolute Gasteiger partial charge is 0.493 e. The molecule has 0 radical (unpaired) electrons. The van der Waals surface area contributed by atoms with Crippen LogP contribution in [0.15, 0.2) is 36.4 Å². The third-order valence-electron chi connectivity index (χ3n) is 6.19. The molecular formula is C25H27Cl2N7O3. The Kier molecular flexibility index (Phi) is 7.52. The van der Waals surface area contributed by atoms with Gasteiger partial charge in [-0.1, -0.05) is 23.2 Å². The molecule has 2 aromatic carbocycles. The molecule has 1 aliphatic rings. The normalized spacial score (nSPS) is 14.2. The number of aromatic nitrogens is 4. The lowest BCUT2D eigenvalue weighted by molar-refractivity contribution is 0.0398. The zero-order valence-electron chi connectivity index (χ0n) is 20.5. The van der Waals surface area contributed by atoms with Crippen molar-refractivity contribution in [2.24, 2.45) is 0 Å². The van der Waals surface area contributed by atoms with Gasteiger partial charge in [-0.15, -0.1) is 5.10 Å². The molecule has 0 saturated carbocycles. The fourth-order valence-electron chi connectivity index (χ4n) is 4.25. The maximum absolute atomic E-state index is 6.62. The van der Waals surface area contributed by atoms with Gasteiger partial charge in [0.05, 0.1) is 54.2 Å². The molecule has 4 aromatic rings. The number of halogens is 2. The van der Waals surface area contributed by atoms with Crippen molar-refractivity contribution in [3.63, 3.8) is 0 Å². The van der Waals surface area contributed by atoms with Crippen molar-refractivity contribution < 1.29 is 14.2 Å². The van der Waals surface area contributed by atoms with Crippen molar-refractivity contribution in [1.82, 2.24) is 24.6 Å². The summed E-state index contributed by atoms with van der Waals surface area (Å²) in [5, 5.41) is 9.48. The molecule has 37 heavy (non-hydrogen) atoms. The molecule has 1 saturated heterocycles. The number of methoxy groups -OCH3 is 2. The van der Waals surface area contributed by atoms with Crippen LogP contribution in [0, 0.1) is 0 Å². The first kappa shape index (κ1) is 25.3. The average molecular weight is 544 g/mol. The van der Waals surface area contributed by atoms with Gasteiger partial charge in [0, 0.05) is 31.7 Å². The zero-order valence-corrected chi connectivity index (χ0v) is 22.0. The van der Waals surface area contributed by atoms with Crippen LogP contribution in [-0.2, 0) is 4.74 Å². The second kappa shape index (κ2) is 11.0. The summed E-state index contributed by atoms with van der Waals surface area (Å²) >= 11 is 12.4. The summed E-state index contributed by atoms with van der Waals surface area (Å²) in [6.07, 6.45) is 0. The molecule has 0 amide bonds. The summed E-state index contributed by atoms with van der Waals surface area (Å²) in [6.45, 7) is 4.82. The number of nitrogens with two attached hydrogens (primary N) is 1. The Morgan fingerprint density at radius 2 is 1.78 bits per heavy atom.